The molecule has 0 bridgehead atoms. The highest BCUT2D eigenvalue weighted by Crippen LogP contribution is 2.26. The van der Waals surface area contributed by atoms with Crippen molar-refractivity contribution in [1.82, 2.24) is 15.2 Å². The number of carbonyl (C=O) groups is 1. The number of benzene rings is 1. The molecular weight excluding hydrogens is 342 g/mol. The lowest BCUT2D eigenvalue weighted by molar-refractivity contribution is -0.131. The number of H-pyrrole nitrogens is 1. The van der Waals surface area contributed by atoms with Crippen LogP contribution in [0.25, 0.3) is 6.08 Å². The molecule has 1 heterocycles. The first kappa shape index (κ1) is 14.8. The Kier molecular flexibility index (Phi) is 4.97. The molecule has 20 heavy (non-hydrogen) atoms. The number of carboxylic acid groups (broad SMARTS) is 1. The van der Waals surface area contributed by atoms with Gasteiger partial charge in [0.05, 0.1) is 0 Å². The van der Waals surface area contributed by atoms with Crippen LogP contribution in [0.1, 0.15) is 18.3 Å². The first-order valence-electron chi connectivity index (χ1n) is 5.88. The van der Waals surface area contributed by atoms with Crippen molar-refractivity contribution in [3.63, 3.8) is 0 Å². The third kappa shape index (κ3) is 3.94. The molecule has 0 unspecified atom stereocenters. The minimum atomic E-state index is -0.999. The Bertz CT molecular complexity index is 637. The van der Waals surface area contributed by atoms with Crippen LogP contribution in [-0.2, 0) is 11.2 Å². The largest absolute Gasteiger partial charge is 0.477 e. The Morgan fingerprint density at radius 1 is 1.45 bits per heavy atom. The predicted octanol–water partition coefficient (Wildman–Crippen LogP) is 3.35. The van der Waals surface area contributed by atoms with Crippen molar-refractivity contribution in [1.29, 1.82) is 0 Å². The first-order valence-corrected chi connectivity index (χ1v) is 7.49. The zero-order chi connectivity index (χ0) is 14.5. The van der Waals surface area contributed by atoms with Crippen LogP contribution in [0.3, 0.4) is 0 Å². The van der Waals surface area contributed by atoms with E-state index in [1.165, 1.54) is 0 Å². The number of halogens is 1. The molecule has 104 valence electrons. The van der Waals surface area contributed by atoms with Crippen molar-refractivity contribution in [3.8, 4) is 0 Å². The summed E-state index contributed by atoms with van der Waals surface area (Å²) in [6.45, 7) is 1.95. The van der Waals surface area contributed by atoms with E-state index in [4.69, 9.17) is 0 Å². The van der Waals surface area contributed by atoms with Crippen molar-refractivity contribution < 1.29 is 9.90 Å². The van der Waals surface area contributed by atoms with E-state index in [0.717, 1.165) is 34.0 Å². The van der Waals surface area contributed by atoms with E-state index in [1.807, 2.05) is 31.2 Å². The number of rotatable bonds is 5. The first-order chi connectivity index (χ1) is 9.58. The lowest BCUT2D eigenvalue weighted by Crippen LogP contribution is -1.97. The van der Waals surface area contributed by atoms with E-state index in [0.29, 0.717) is 5.16 Å². The monoisotopic (exact) mass is 353 g/mol. The predicted molar refractivity (Wildman–Crippen MR) is 81.4 cm³/mol. The fraction of sp³-hybridized carbons (Fsp3) is 0.154. The molecular formula is C13H12BrN3O2S. The summed E-state index contributed by atoms with van der Waals surface area (Å²) in [5, 5.41) is 16.4. The van der Waals surface area contributed by atoms with Gasteiger partial charge in [-0.05, 0) is 35.5 Å². The molecule has 0 saturated carbocycles. The Balaban J connectivity index is 2.22. The summed E-state index contributed by atoms with van der Waals surface area (Å²) < 4.78 is 0.945. The number of carboxylic acids is 1. The summed E-state index contributed by atoms with van der Waals surface area (Å²) in [6, 6.07) is 7.39. The van der Waals surface area contributed by atoms with Crippen molar-refractivity contribution in [2.24, 2.45) is 0 Å². The smallest absolute Gasteiger partial charge is 0.342 e. The molecule has 0 fully saturated rings. The molecule has 0 aliphatic heterocycles. The van der Waals surface area contributed by atoms with Crippen molar-refractivity contribution in [2.75, 3.05) is 0 Å². The van der Waals surface area contributed by atoms with Gasteiger partial charge in [-0.3, -0.25) is 5.10 Å². The minimum Gasteiger partial charge on any atom is -0.477 e. The van der Waals surface area contributed by atoms with Gasteiger partial charge in [-0.1, -0.05) is 35.0 Å². The zero-order valence-corrected chi connectivity index (χ0v) is 13.0. The van der Waals surface area contributed by atoms with E-state index >= 15 is 0 Å². The molecule has 0 amide bonds. The van der Waals surface area contributed by atoms with Crippen LogP contribution in [0, 0.1) is 0 Å². The molecule has 1 aromatic heterocycles. The lowest BCUT2D eigenvalue weighted by Gasteiger charge is -1.99. The van der Waals surface area contributed by atoms with Crippen molar-refractivity contribution >= 4 is 39.7 Å². The lowest BCUT2D eigenvalue weighted by atomic mass is 10.2. The Morgan fingerprint density at radius 2 is 2.15 bits per heavy atom. The van der Waals surface area contributed by atoms with E-state index in [-0.39, 0.29) is 4.91 Å². The van der Waals surface area contributed by atoms with Gasteiger partial charge < -0.3 is 5.11 Å². The average molecular weight is 354 g/mol. The number of aromatic nitrogens is 3. The van der Waals surface area contributed by atoms with E-state index in [9.17, 15) is 9.90 Å². The third-order valence-electron chi connectivity index (χ3n) is 2.43. The molecule has 5 nitrogen and oxygen atoms in total. The molecule has 2 rings (SSSR count). The Labute approximate surface area is 128 Å². The summed E-state index contributed by atoms with van der Waals surface area (Å²) in [5.41, 5.74) is 0.810. The van der Waals surface area contributed by atoms with Gasteiger partial charge in [0.15, 0.2) is 0 Å². The highest BCUT2D eigenvalue weighted by atomic mass is 79.9. The van der Waals surface area contributed by atoms with Crippen LogP contribution in [0.15, 0.2) is 38.8 Å². The molecule has 2 aromatic rings. The van der Waals surface area contributed by atoms with Crippen molar-refractivity contribution in [2.45, 2.75) is 18.5 Å². The average Bonchev–Trinajstić information content (AvgIpc) is 2.88. The number of hydrogen-bond acceptors (Lipinski definition) is 4. The highest BCUT2D eigenvalue weighted by molar-refractivity contribution is 9.10. The van der Waals surface area contributed by atoms with Gasteiger partial charge >= 0.3 is 5.97 Å². The highest BCUT2D eigenvalue weighted by Gasteiger charge is 2.13. The van der Waals surface area contributed by atoms with E-state index < -0.39 is 5.97 Å². The summed E-state index contributed by atoms with van der Waals surface area (Å²) in [5.74, 6) is -0.262. The summed E-state index contributed by atoms with van der Waals surface area (Å²) >= 11 is 4.37. The Morgan fingerprint density at radius 3 is 2.70 bits per heavy atom. The number of nitrogens with zero attached hydrogens (tertiary/aromatic N) is 2. The van der Waals surface area contributed by atoms with Crippen LogP contribution >= 0.6 is 27.7 Å². The molecule has 0 spiro atoms. The quantitative estimate of drug-likeness (QED) is 0.636. The van der Waals surface area contributed by atoms with Gasteiger partial charge in [0, 0.05) is 10.9 Å². The molecule has 0 saturated heterocycles. The van der Waals surface area contributed by atoms with Gasteiger partial charge in [0.1, 0.15) is 10.7 Å². The third-order valence-corrected chi connectivity index (χ3v) is 3.83. The molecule has 0 radical (unpaired) electrons. The van der Waals surface area contributed by atoms with Gasteiger partial charge in [-0.2, -0.15) is 0 Å². The van der Waals surface area contributed by atoms with Crippen LogP contribution in [-0.4, -0.2) is 26.3 Å². The molecule has 0 aliphatic rings. The summed E-state index contributed by atoms with van der Waals surface area (Å²) in [7, 11) is 0. The number of thioether (sulfide) groups is 1. The molecule has 0 aliphatic carbocycles. The molecule has 1 aromatic carbocycles. The maximum Gasteiger partial charge on any atom is 0.342 e. The van der Waals surface area contributed by atoms with Gasteiger partial charge in [0.25, 0.3) is 0 Å². The van der Waals surface area contributed by atoms with E-state index in [2.05, 4.69) is 31.1 Å². The fourth-order valence-electron chi connectivity index (χ4n) is 1.43. The maximum atomic E-state index is 11.3. The molecule has 2 N–H and O–H groups in total. The second-order valence-electron chi connectivity index (χ2n) is 3.89. The fourth-order valence-corrected chi connectivity index (χ4v) is 2.42. The van der Waals surface area contributed by atoms with Crippen LogP contribution in [0.2, 0.25) is 0 Å². The number of nitrogens with one attached hydrogen (secondary N) is 1. The van der Waals surface area contributed by atoms with E-state index in [1.54, 1.807) is 6.08 Å². The standard InChI is InChI=1S/C13H12BrN3O2S/c1-2-11-15-13(17-16-11)20-10(12(18)19)7-8-3-5-9(14)6-4-8/h3-7H,2H2,1H3,(H,18,19)(H,15,16,17)/b10-7-. The van der Waals surface area contributed by atoms with Crippen LogP contribution < -0.4 is 0 Å². The topological polar surface area (TPSA) is 78.9 Å². The normalized spacial score (nSPS) is 11.6. The van der Waals surface area contributed by atoms with Gasteiger partial charge in [-0.25, -0.2) is 9.78 Å². The minimum absolute atomic E-state index is 0.175. The van der Waals surface area contributed by atoms with Crippen LogP contribution in [0.4, 0.5) is 0 Å². The van der Waals surface area contributed by atoms with Gasteiger partial charge in [0.2, 0.25) is 5.16 Å². The second kappa shape index (κ2) is 6.71. The summed E-state index contributed by atoms with van der Waals surface area (Å²) in [4.78, 5) is 15.7. The number of aliphatic carboxylic acids is 1. The van der Waals surface area contributed by atoms with Crippen molar-refractivity contribution in [3.05, 3.63) is 45.0 Å². The second-order valence-corrected chi connectivity index (χ2v) is 5.81. The van der Waals surface area contributed by atoms with Gasteiger partial charge in [-0.15, -0.1) is 5.10 Å². The maximum absolute atomic E-state index is 11.3. The SMILES string of the molecule is CCc1nc(S/C(=C\c2ccc(Br)cc2)C(=O)O)n[nH]1. The Hall–Kier alpha value is -1.60. The molecule has 7 heteroatoms. The number of aromatic amines is 1. The summed E-state index contributed by atoms with van der Waals surface area (Å²) in [6.07, 6.45) is 2.33. The number of hydrogen-bond donors (Lipinski definition) is 2. The zero-order valence-electron chi connectivity index (χ0n) is 10.6. The molecule has 0 atom stereocenters. The van der Waals surface area contributed by atoms with Crippen LogP contribution in [0.5, 0.6) is 0 Å². The number of aryl methyl sites for hydroxylation is 1.